The Morgan fingerprint density at radius 3 is 2.58 bits per heavy atom. The van der Waals surface area contributed by atoms with E-state index in [4.69, 9.17) is 4.98 Å². The van der Waals surface area contributed by atoms with Crippen molar-refractivity contribution < 1.29 is 4.79 Å². The van der Waals surface area contributed by atoms with E-state index in [9.17, 15) is 4.79 Å². The van der Waals surface area contributed by atoms with Crippen molar-refractivity contribution in [3.8, 4) is 22.6 Å². The lowest BCUT2D eigenvalue weighted by atomic mass is 10.0. The number of tetrazole rings is 1. The number of Topliss-reactive ketones (excluding diaryl/α,β-unsaturated/α-hetero) is 1. The number of hydrogen-bond donors (Lipinski definition) is 1. The fraction of sp³-hybridized carbons (Fsp3) is 0.250. The summed E-state index contributed by atoms with van der Waals surface area (Å²) in [6.07, 6.45) is 5.53. The smallest absolute Gasteiger partial charge is 0.219 e. The molecule has 1 atom stereocenters. The van der Waals surface area contributed by atoms with Crippen LogP contribution in [0.25, 0.3) is 22.6 Å². The van der Waals surface area contributed by atoms with Crippen molar-refractivity contribution in [3.05, 3.63) is 95.7 Å². The Morgan fingerprint density at radius 1 is 1.03 bits per heavy atom. The van der Waals surface area contributed by atoms with E-state index < -0.39 is 0 Å². The van der Waals surface area contributed by atoms with Crippen molar-refractivity contribution >= 4 is 28.4 Å². The summed E-state index contributed by atoms with van der Waals surface area (Å²) >= 11 is 2.17. The summed E-state index contributed by atoms with van der Waals surface area (Å²) in [7, 11) is 0. The van der Waals surface area contributed by atoms with Crippen LogP contribution in [-0.4, -0.2) is 46.2 Å². The number of pyridine rings is 1. The minimum atomic E-state index is -0.334. The summed E-state index contributed by atoms with van der Waals surface area (Å²) in [4.78, 5) is 22.5. The number of halogens is 1. The van der Waals surface area contributed by atoms with Gasteiger partial charge in [-0.15, -0.1) is 15.3 Å². The molecular weight excluding hydrogens is 591 g/mol. The molecule has 0 fully saturated rings. The average molecular weight is 618 g/mol. The van der Waals surface area contributed by atoms with Gasteiger partial charge < -0.3 is 0 Å². The second kappa shape index (κ2) is 12.2. The number of benzene rings is 2. The van der Waals surface area contributed by atoms with Gasteiger partial charge in [0.15, 0.2) is 0 Å². The van der Waals surface area contributed by atoms with Crippen LogP contribution in [0.1, 0.15) is 57.7 Å². The number of nitrogens with zero attached hydrogens (tertiary/aromatic N) is 7. The molecule has 0 aliphatic carbocycles. The number of carbonyl (C=O) groups is 1. The molecule has 1 unspecified atom stereocenters. The van der Waals surface area contributed by atoms with Gasteiger partial charge in [-0.05, 0) is 34.9 Å². The Labute approximate surface area is 234 Å². The predicted molar refractivity (Wildman–Crippen MR) is 153 cm³/mol. The van der Waals surface area contributed by atoms with Crippen LogP contribution >= 0.6 is 22.6 Å². The van der Waals surface area contributed by atoms with E-state index in [0.29, 0.717) is 12.2 Å². The second-order valence-electron chi connectivity index (χ2n) is 8.93. The molecule has 9 nitrogen and oxygen atoms in total. The van der Waals surface area contributed by atoms with Gasteiger partial charge in [0.2, 0.25) is 17.4 Å². The normalized spacial score (nSPS) is 11.9. The molecule has 3 heterocycles. The summed E-state index contributed by atoms with van der Waals surface area (Å²) in [6, 6.07) is 21.7. The van der Waals surface area contributed by atoms with Gasteiger partial charge in [0.05, 0.1) is 5.69 Å². The van der Waals surface area contributed by atoms with Gasteiger partial charge in [0, 0.05) is 30.3 Å². The molecular formula is C28H27IN8O. The number of alkyl halides is 1. The highest BCUT2D eigenvalue weighted by atomic mass is 127. The molecule has 0 radical (unpaired) electrons. The monoisotopic (exact) mass is 618 g/mol. The highest BCUT2D eigenvalue weighted by molar-refractivity contribution is 14.1. The van der Waals surface area contributed by atoms with Crippen LogP contribution in [0.15, 0.2) is 72.9 Å². The maximum absolute atomic E-state index is 13.3. The molecule has 0 saturated heterocycles. The van der Waals surface area contributed by atoms with E-state index in [1.165, 1.54) is 0 Å². The van der Waals surface area contributed by atoms with E-state index >= 15 is 0 Å². The molecule has 3 aromatic heterocycles. The fourth-order valence-corrected chi connectivity index (χ4v) is 4.94. The molecule has 5 aromatic rings. The third-order valence-electron chi connectivity index (χ3n) is 6.25. The van der Waals surface area contributed by atoms with Crippen LogP contribution in [0.5, 0.6) is 0 Å². The van der Waals surface area contributed by atoms with Gasteiger partial charge in [-0.3, -0.25) is 9.78 Å². The zero-order valence-electron chi connectivity index (χ0n) is 21.0. The zero-order chi connectivity index (χ0) is 26.3. The fourth-order valence-electron chi connectivity index (χ4n) is 4.24. The lowest BCUT2D eigenvalue weighted by Gasteiger charge is -2.08. The van der Waals surface area contributed by atoms with Crippen molar-refractivity contribution in [2.24, 2.45) is 0 Å². The van der Waals surface area contributed by atoms with Crippen LogP contribution < -0.4 is 0 Å². The van der Waals surface area contributed by atoms with E-state index in [-0.39, 0.29) is 15.5 Å². The number of aryl methyl sites for hydroxylation is 1. The van der Waals surface area contributed by atoms with Gasteiger partial charge in [-0.1, -0.05) is 97.0 Å². The van der Waals surface area contributed by atoms with Crippen molar-refractivity contribution in [1.29, 1.82) is 0 Å². The summed E-state index contributed by atoms with van der Waals surface area (Å²) < 4.78 is 1.57. The Bertz CT molecular complexity index is 1480. The number of H-pyrrole nitrogens is 1. The van der Waals surface area contributed by atoms with Crippen molar-refractivity contribution in [2.45, 2.75) is 43.1 Å². The van der Waals surface area contributed by atoms with Crippen LogP contribution in [0, 0.1) is 0 Å². The lowest BCUT2D eigenvalue weighted by molar-refractivity contribution is 0.0984. The van der Waals surface area contributed by atoms with Gasteiger partial charge in [0.25, 0.3) is 0 Å². The summed E-state index contributed by atoms with van der Waals surface area (Å²) in [5, 5.41) is 19.0. The molecule has 5 rings (SSSR count). The molecule has 192 valence electrons. The highest BCUT2D eigenvalue weighted by Gasteiger charge is 2.24. The minimum Gasteiger partial charge on any atom is -0.289 e. The van der Waals surface area contributed by atoms with Crippen molar-refractivity contribution in [3.63, 3.8) is 0 Å². The highest BCUT2D eigenvalue weighted by Crippen LogP contribution is 2.29. The molecule has 1 N–H and O–H groups in total. The van der Waals surface area contributed by atoms with Gasteiger partial charge >= 0.3 is 0 Å². The Morgan fingerprint density at radius 2 is 1.84 bits per heavy atom. The molecule has 0 spiro atoms. The Balaban J connectivity index is 1.39. The van der Waals surface area contributed by atoms with E-state index in [1.807, 2.05) is 59.3 Å². The number of hydrogen-bond acceptors (Lipinski definition) is 7. The van der Waals surface area contributed by atoms with Crippen LogP contribution in [-0.2, 0) is 13.0 Å². The van der Waals surface area contributed by atoms with E-state index in [0.717, 1.165) is 59.6 Å². The number of carbonyl (C=O) groups excluding carboxylic acids is 1. The number of aromatic nitrogens is 8. The first kappa shape index (κ1) is 25.8. The van der Waals surface area contributed by atoms with Crippen molar-refractivity contribution in [2.75, 3.05) is 0 Å². The third-order valence-corrected chi connectivity index (χ3v) is 7.53. The zero-order valence-corrected chi connectivity index (χ0v) is 23.1. The molecule has 10 heteroatoms. The number of ketones is 1. The molecule has 0 bridgehead atoms. The van der Waals surface area contributed by atoms with Crippen molar-refractivity contribution in [1.82, 2.24) is 40.4 Å². The Kier molecular flexibility index (Phi) is 8.27. The summed E-state index contributed by atoms with van der Waals surface area (Å²) in [6.45, 7) is 2.91. The lowest BCUT2D eigenvalue weighted by Crippen LogP contribution is -2.10. The first-order valence-electron chi connectivity index (χ1n) is 12.6. The number of unbranched alkanes of at least 4 members (excludes halogenated alkanes) is 2. The van der Waals surface area contributed by atoms with Crippen LogP contribution in [0.3, 0.4) is 0 Å². The number of rotatable bonds is 11. The third kappa shape index (κ3) is 5.85. The number of nitrogens with one attached hydrogen (secondary N) is 1. The first-order chi connectivity index (χ1) is 18.6. The Hall–Kier alpha value is -3.80. The summed E-state index contributed by atoms with van der Waals surface area (Å²) in [5.41, 5.74) is 4.56. The molecule has 0 aliphatic rings. The van der Waals surface area contributed by atoms with Crippen LogP contribution in [0.2, 0.25) is 0 Å². The SMILES string of the molecule is CCCCCn1nc(C(=O)C(I)c2ccccc2)nc1Cc1ccc(-c2ncccc2-c2nn[nH]n2)cc1. The largest absolute Gasteiger partial charge is 0.289 e. The van der Waals surface area contributed by atoms with Crippen LogP contribution in [0.4, 0.5) is 0 Å². The van der Waals surface area contributed by atoms with Gasteiger partial charge in [0.1, 0.15) is 9.75 Å². The minimum absolute atomic E-state index is 0.0770. The first-order valence-corrected chi connectivity index (χ1v) is 13.8. The predicted octanol–water partition coefficient (Wildman–Crippen LogP) is 5.66. The molecule has 38 heavy (non-hydrogen) atoms. The van der Waals surface area contributed by atoms with Gasteiger partial charge in [-0.25, -0.2) is 9.67 Å². The molecule has 0 saturated carbocycles. The maximum Gasteiger partial charge on any atom is 0.219 e. The standard InChI is InChI=1S/C28H27IN8O/c1-2-3-7-17-37-23(31-28(34-37)26(38)24(29)20-9-5-4-6-10-20)18-19-12-14-21(15-13-19)25-22(11-8-16-30-25)27-32-35-36-33-27/h4-6,8-16,24H,2-3,7,17-18H2,1H3,(H,32,33,35,36). The van der Waals surface area contributed by atoms with E-state index in [2.05, 4.69) is 72.4 Å². The number of aromatic amines is 1. The molecule has 0 aliphatic heterocycles. The molecule has 0 amide bonds. The second-order valence-corrected chi connectivity index (χ2v) is 10.2. The molecule has 2 aromatic carbocycles. The quantitative estimate of drug-likeness (QED) is 0.0880. The maximum atomic E-state index is 13.3. The average Bonchev–Trinajstić information content (AvgIpc) is 3.64. The summed E-state index contributed by atoms with van der Waals surface area (Å²) in [5.74, 6) is 1.49. The van der Waals surface area contributed by atoms with E-state index in [1.54, 1.807) is 6.20 Å². The topological polar surface area (TPSA) is 115 Å². The van der Waals surface area contributed by atoms with Gasteiger partial charge in [-0.2, -0.15) is 5.21 Å².